The Kier molecular flexibility index (Phi) is 6.17. The number of sulfonamides is 1. The summed E-state index contributed by atoms with van der Waals surface area (Å²) < 4.78 is 24.9. The van der Waals surface area contributed by atoms with Gasteiger partial charge >= 0.3 is 0 Å². The molecular formula is C17H18ClN3O3S. The van der Waals surface area contributed by atoms with Gasteiger partial charge in [0.05, 0.1) is 18.2 Å². The fraction of sp³-hybridized carbons (Fsp3) is 0.176. The monoisotopic (exact) mass is 379 g/mol. The molecule has 0 aliphatic rings. The van der Waals surface area contributed by atoms with Crippen LogP contribution in [-0.2, 0) is 14.8 Å². The minimum absolute atomic E-state index is 0.351. The number of aryl methyl sites for hydroxylation is 1. The molecule has 0 aliphatic heterocycles. The predicted molar refractivity (Wildman–Crippen MR) is 101 cm³/mol. The van der Waals surface area contributed by atoms with E-state index in [9.17, 15) is 13.2 Å². The van der Waals surface area contributed by atoms with Crippen LogP contribution in [0.3, 0.4) is 0 Å². The number of nitrogens with one attached hydrogen (secondary N) is 1. The van der Waals surface area contributed by atoms with E-state index in [1.54, 1.807) is 12.1 Å². The van der Waals surface area contributed by atoms with Gasteiger partial charge in [-0.3, -0.25) is 9.10 Å². The van der Waals surface area contributed by atoms with Crippen LogP contribution in [0, 0.1) is 6.92 Å². The van der Waals surface area contributed by atoms with E-state index in [2.05, 4.69) is 10.5 Å². The van der Waals surface area contributed by atoms with Crippen molar-refractivity contribution < 1.29 is 13.2 Å². The SMILES string of the molecule is Cc1ccc(/C=N\NC(=O)CN(c2ccc(Cl)cc2)S(C)(=O)=O)cc1. The van der Waals surface area contributed by atoms with Crippen LogP contribution in [0.4, 0.5) is 5.69 Å². The van der Waals surface area contributed by atoms with Gasteiger partial charge in [0.2, 0.25) is 10.0 Å². The number of amides is 1. The number of benzene rings is 2. The summed E-state index contributed by atoms with van der Waals surface area (Å²) in [5, 5.41) is 4.32. The van der Waals surface area contributed by atoms with Gasteiger partial charge in [-0.2, -0.15) is 5.10 Å². The summed E-state index contributed by atoms with van der Waals surface area (Å²) in [5.41, 5.74) is 4.62. The van der Waals surface area contributed by atoms with E-state index in [4.69, 9.17) is 11.6 Å². The van der Waals surface area contributed by atoms with Crippen LogP contribution in [-0.4, -0.2) is 33.3 Å². The molecule has 0 aliphatic carbocycles. The molecular weight excluding hydrogens is 362 g/mol. The van der Waals surface area contributed by atoms with Gasteiger partial charge in [0.15, 0.2) is 0 Å². The standard InChI is InChI=1S/C17H18ClN3O3S/c1-13-3-5-14(6-4-13)11-19-20-17(22)12-21(25(2,23)24)16-9-7-15(18)8-10-16/h3-11H,12H2,1-2H3,(H,20,22)/b19-11-. The maximum atomic E-state index is 12.0. The van der Waals surface area contributed by atoms with Crippen molar-refractivity contribution in [3.05, 3.63) is 64.7 Å². The molecule has 25 heavy (non-hydrogen) atoms. The van der Waals surface area contributed by atoms with Gasteiger partial charge in [0.25, 0.3) is 5.91 Å². The zero-order valence-electron chi connectivity index (χ0n) is 13.8. The maximum Gasteiger partial charge on any atom is 0.260 e. The van der Waals surface area contributed by atoms with Crippen molar-refractivity contribution in [3.8, 4) is 0 Å². The second-order valence-corrected chi connectivity index (χ2v) is 7.79. The fourth-order valence-corrected chi connectivity index (χ4v) is 2.99. The van der Waals surface area contributed by atoms with Crippen molar-refractivity contribution in [2.24, 2.45) is 5.10 Å². The Morgan fingerprint density at radius 1 is 1.16 bits per heavy atom. The molecule has 0 radical (unpaired) electrons. The van der Waals surface area contributed by atoms with E-state index in [1.165, 1.54) is 18.3 Å². The molecule has 1 N–H and O–H groups in total. The van der Waals surface area contributed by atoms with Crippen molar-refractivity contribution in [1.82, 2.24) is 5.43 Å². The van der Waals surface area contributed by atoms with Gasteiger partial charge in [-0.1, -0.05) is 41.4 Å². The van der Waals surface area contributed by atoms with E-state index in [0.717, 1.165) is 21.7 Å². The second-order valence-electron chi connectivity index (χ2n) is 5.45. The highest BCUT2D eigenvalue weighted by Gasteiger charge is 2.20. The summed E-state index contributed by atoms with van der Waals surface area (Å²) in [6.07, 6.45) is 2.52. The third kappa shape index (κ3) is 5.88. The molecule has 0 bridgehead atoms. The quantitative estimate of drug-likeness (QED) is 0.618. The Balaban J connectivity index is 2.04. The van der Waals surface area contributed by atoms with Gasteiger partial charge in [-0.25, -0.2) is 13.8 Å². The summed E-state index contributed by atoms with van der Waals surface area (Å²) in [4.78, 5) is 12.0. The number of nitrogens with zero attached hydrogens (tertiary/aromatic N) is 2. The molecule has 2 rings (SSSR count). The Labute approximate surface area is 152 Å². The molecule has 8 heteroatoms. The van der Waals surface area contributed by atoms with E-state index < -0.39 is 15.9 Å². The molecule has 2 aromatic carbocycles. The molecule has 0 saturated carbocycles. The van der Waals surface area contributed by atoms with Crippen LogP contribution in [0.2, 0.25) is 5.02 Å². The first-order valence-corrected chi connectivity index (χ1v) is 9.60. The molecule has 0 unspecified atom stereocenters. The van der Waals surface area contributed by atoms with Crippen LogP contribution in [0.25, 0.3) is 0 Å². The number of carbonyl (C=O) groups excluding carboxylic acids is 1. The number of hydrogen-bond donors (Lipinski definition) is 1. The normalized spacial score (nSPS) is 11.5. The summed E-state index contributed by atoms with van der Waals surface area (Å²) in [7, 11) is -3.63. The topological polar surface area (TPSA) is 78.8 Å². The highest BCUT2D eigenvalue weighted by Crippen LogP contribution is 2.20. The fourth-order valence-electron chi connectivity index (χ4n) is 2.00. The molecule has 0 spiro atoms. The molecule has 0 fully saturated rings. The summed E-state index contributed by atoms with van der Waals surface area (Å²) in [5.74, 6) is -0.552. The average Bonchev–Trinajstić information content (AvgIpc) is 2.54. The van der Waals surface area contributed by atoms with Gasteiger partial charge in [0, 0.05) is 5.02 Å². The lowest BCUT2D eigenvalue weighted by molar-refractivity contribution is -0.119. The first kappa shape index (κ1) is 19.0. The second kappa shape index (κ2) is 8.13. The molecule has 1 amide bonds. The highest BCUT2D eigenvalue weighted by atomic mass is 35.5. The van der Waals surface area contributed by atoms with E-state index in [0.29, 0.717) is 10.7 Å². The number of hydrogen-bond acceptors (Lipinski definition) is 4. The predicted octanol–water partition coefficient (Wildman–Crippen LogP) is 2.56. The van der Waals surface area contributed by atoms with Gasteiger partial charge in [-0.05, 0) is 36.8 Å². The Hall–Kier alpha value is -2.38. The highest BCUT2D eigenvalue weighted by molar-refractivity contribution is 7.92. The van der Waals surface area contributed by atoms with Crippen LogP contribution in [0.1, 0.15) is 11.1 Å². The molecule has 132 valence electrons. The third-order valence-electron chi connectivity index (χ3n) is 3.28. The maximum absolute atomic E-state index is 12.0. The lowest BCUT2D eigenvalue weighted by Gasteiger charge is -2.21. The summed E-state index contributed by atoms with van der Waals surface area (Å²) in [6.45, 7) is 1.59. The Morgan fingerprint density at radius 2 is 1.76 bits per heavy atom. The van der Waals surface area contributed by atoms with Crippen molar-refractivity contribution >= 4 is 39.4 Å². The molecule has 6 nitrogen and oxygen atoms in total. The number of hydrazone groups is 1. The van der Waals surface area contributed by atoms with Gasteiger partial charge in [0.1, 0.15) is 6.54 Å². The molecule has 0 heterocycles. The van der Waals surface area contributed by atoms with Crippen LogP contribution in [0.15, 0.2) is 53.6 Å². The lowest BCUT2D eigenvalue weighted by atomic mass is 10.2. The van der Waals surface area contributed by atoms with E-state index >= 15 is 0 Å². The van der Waals surface area contributed by atoms with E-state index in [-0.39, 0.29) is 6.54 Å². The zero-order chi connectivity index (χ0) is 18.4. The Bertz CT molecular complexity index is 863. The van der Waals surface area contributed by atoms with Crippen molar-refractivity contribution in [2.45, 2.75) is 6.92 Å². The molecule has 2 aromatic rings. The van der Waals surface area contributed by atoms with Gasteiger partial charge < -0.3 is 0 Å². The molecule has 0 atom stereocenters. The Morgan fingerprint density at radius 3 is 2.32 bits per heavy atom. The number of carbonyl (C=O) groups is 1. The van der Waals surface area contributed by atoms with Gasteiger partial charge in [-0.15, -0.1) is 0 Å². The van der Waals surface area contributed by atoms with Crippen LogP contribution in [0.5, 0.6) is 0 Å². The summed E-state index contributed by atoms with van der Waals surface area (Å²) >= 11 is 5.81. The largest absolute Gasteiger partial charge is 0.271 e. The zero-order valence-corrected chi connectivity index (χ0v) is 15.4. The smallest absolute Gasteiger partial charge is 0.260 e. The average molecular weight is 380 g/mol. The lowest BCUT2D eigenvalue weighted by Crippen LogP contribution is -2.38. The summed E-state index contributed by atoms with van der Waals surface area (Å²) in [6, 6.07) is 13.8. The van der Waals surface area contributed by atoms with Crippen LogP contribution < -0.4 is 9.73 Å². The van der Waals surface area contributed by atoms with E-state index in [1.807, 2.05) is 31.2 Å². The molecule has 0 saturated heterocycles. The first-order valence-electron chi connectivity index (χ1n) is 7.37. The first-order chi connectivity index (χ1) is 11.8. The molecule has 0 aromatic heterocycles. The number of rotatable bonds is 6. The minimum atomic E-state index is -3.63. The van der Waals surface area contributed by atoms with Crippen LogP contribution >= 0.6 is 11.6 Å². The third-order valence-corrected chi connectivity index (χ3v) is 4.67. The van der Waals surface area contributed by atoms with Crippen molar-refractivity contribution in [3.63, 3.8) is 0 Å². The van der Waals surface area contributed by atoms with Crippen molar-refractivity contribution in [1.29, 1.82) is 0 Å². The number of anilines is 1. The van der Waals surface area contributed by atoms with Crippen molar-refractivity contribution in [2.75, 3.05) is 17.1 Å². The number of halogens is 1. The minimum Gasteiger partial charge on any atom is -0.271 e.